The number of hydrogen-bond acceptors (Lipinski definition) is 5. The molecule has 1 aliphatic heterocycles. The van der Waals surface area contributed by atoms with E-state index in [1.807, 2.05) is 54.6 Å². The van der Waals surface area contributed by atoms with Crippen LogP contribution < -0.4 is 19.9 Å². The van der Waals surface area contributed by atoms with Gasteiger partial charge in [-0.1, -0.05) is 30.3 Å². The number of hydroxylamine groups is 1. The van der Waals surface area contributed by atoms with E-state index < -0.39 is 5.91 Å². The standard InChI is InChI=1S/C22H18N2O5/c25-21-14-28-20-10-9-16(22(26)23-27)12-19(20)24(21)13-15-5-4-8-18(11-15)29-17-6-2-1-3-7-17/h1-12,27H,13-14H2,(H,23,26). The van der Waals surface area contributed by atoms with Gasteiger partial charge in [-0.15, -0.1) is 0 Å². The van der Waals surface area contributed by atoms with Crippen molar-refractivity contribution in [1.29, 1.82) is 0 Å². The summed E-state index contributed by atoms with van der Waals surface area (Å²) in [6.45, 7) is 0.199. The Morgan fingerprint density at radius 3 is 2.62 bits per heavy atom. The summed E-state index contributed by atoms with van der Waals surface area (Å²) < 4.78 is 11.3. The summed E-state index contributed by atoms with van der Waals surface area (Å²) in [5, 5.41) is 8.87. The quantitative estimate of drug-likeness (QED) is 0.514. The zero-order valence-corrected chi connectivity index (χ0v) is 15.4. The lowest BCUT2D eigenvalue weighted by molar-refractivity contribution is -0.121. The highest BCUT2D eigenvalue weighted by atomic mass is 16.5. The Balaban J connectivity index is 1.60. The van der Waals surface area contributed by atoms with Gasteiger partial charge in [0.05, 0.1) is 12.2 Å². The van der Waals surface area contributed by atoms with Gasteiger partial charge in [-0.2, -0.15) is 0 Å². The number of fused-ring (bicyclic) bond motifs is 1. The molecule has 1 aliphatic rings. The van der Waals surface area contributed by atoms with Gasteiger partial charge in [0.1, 0.15) is 17.2 Å². The molecule has 2 N–H and O–H groups in total. The Morgan fingerprint density at radius 1 is 1.03 bits per heavy atom. The number of carbonyl (C=O) groups is 2. The minimum absolute atomic E-state index is 0.0846. The molecule has 0 saturated heterocycles. The zero-order chi connectivity index (χ0) is 20.2. The maximum Gasteiger partial charge on any atom is 0.274 e. The fraction of sp³-hybridized carbons (Fsp3) is 0.0909. The molecule has 4 rings (SSSR count). The Morgan fingerprint density at radius 2 is 1.83 bits per heavy atom. The molecule has 0 spiro atoms. The first-order valence-corrected chi connectivity index (χ1v) is 8.97. The summed E-state index contributed by atoms with van der Waals surface area (Å²) in [5.74, 6) is 0.980. The van der Waals surface area contributed by atoms with Crippen molar-refractivity contribution in [2.75, 3.05) is 11.5 Å². The van der Waals surface area contributed by atoms with Crippen molar-refractivity contribution in [2.45, 2.75) is 6.54 Å². The van der Waals surface area contributed by atoms with Crippen LogP contribution in [0.2, 0.25) is 0 Å². The number of carbonyl (C=O) groups excluding carboxylic acids is 2. The van der Waals surface area contributed by atoms with Crippen LogP contribution in [0.25, 0.3) is 0 Å². The minimum Gasteiger partial charge on any atom is -0.482 e. The normalized spacial score (nSPS) is 12.7. The van der Waals surface area contributed by atoms with E-state index >= 15 is 0 Å². The van der Waals surface area contributed by atoms with E-state index in [9.17, 15) is 9.59 Å². The molecule has 0 atom stereocenters. The molecule has 0 aromatic heterocycles. The smallest absolute Gasteiger partial charge is 0.274 e. The summed E-state index contributed by atoms with van der Waals surface area (Å²) in [5.41, 5.74) is 3.14. The second kappa shape index (κ2) is 8.04. The van der Waals surface area contributed by atoms with E-state index in [1.165, 1.54) is 12.1 Å². The largest absolute Gasteiger partial charge is 0.482 e. The van der Waals surface area contributed by atoms with E-state index in [1.54, 1.807) is 16.4 Å². The van der Waals surface area contributed by atoms with E-state index in [0.29, 0.717) is 17.2 Å². The van der Waals surface area contributed by atoms with Crippen molar-refractivity contribution in [3.05, 3.63) is 83.9 Å². The van der Waals surface area contributed by atoms with E-state index in [-0.39, 0.29) is 24.6 Å². The van der Waals surface area contributed by atoms with E-state index in [0.717, 1.165) is 11.3 Å². The SMILES string of the molecule is O=C(NO)c1ccc2c(c1)N(Cc1cccc(Oc3ccccc3)c1)C(=O)CO2. The van der Waals surface area contributed by atoms with E-state index in [2.05, 4.69) is 0 Å². The van der Waals surface area contributed by atoms with Crippen LogP contribution in [-0.4, -0.2) is 23.6 Å². The van der Waals surface area contributed by atoms with E-state index in [4.69, 9.17) is 14.7 Å². The Kier molecular flexibility index (Phi) is 5.13. The third kappa shape index (κ3) is 4.04. The lowest BCUT2D eigenvalue weighted by atomic mass is 10.1. The van der Waals surface area contributed by atoms with Crippen LogP contribution in [0, 0.1) is 0 Å². The molecule has 146 valence electrons. The van der Waals surface area contributed by atoms with Crippen LogP contribution in [0.1, 0.15) is 15.9 Å². The van der Waals surface area contributed by atoms with Crippen molar-refractivity contribution in [2.24, 2.45) is 0 Å². The lowest BCUT2D eigenvalue weighted by Crippen LogP contribution is -2.38. The van der Waals surface area contributed by atoms with Crippen molar-refractivity contribution < 1.29 is 24.3 Å². The van der Waals surface area contributed by atoms with Gasteiger partial charge in [-0.25, -0.2) is 5.48 Å². The molecule has 3 aromatic carbocycles. The average Bonchev–Trinajstić information content (AvgIpc) is 2.76. The molecule has 0 bridgehead atoms. The van der Waals surface area contributed by atoms with Gasteiger partial charge < -0.3 is 14.4 Å². The zero-order valence-electron chi connectivity index (χ0n) is 15.4. The summed E-state index contributed by atoms with van der Waals surface area (Å²) in [7, 11) is 0. The number of rotatable bonds is 5. The molecular formula is C22H18N2O5. The highest BCUT2D eigenvalue weighted by Gasteiger charge is 2.26. The number of benzene rings is 3. The van der Waals surface area contributed by atoms with Crippen LogP contribution in [0.15, 0.2) is 72.8 Å². The summed E-state index contributed by atoms with van der Waals surface area (Å²) in [4.78, 5) is 25.8. The third-order valence-corrected chi connectivity index (χ3v) is 4.48. The van der Waals surface area contributed by atoms with Crippen molar-refractivity contribution in [1.82, 2.24) is 5.48 Å². The molecular weight excluding hydrogens is 372 g/mol. The molecule has 1 heterocycles. The monoisotopic (exact) mass is 390 g/mol. The van der Waals surface area contributed by atoms with Crippen LogP contribution in [-0.2, 0) is 11.3 Å². The number of amides is 2. The van der Waals surface area contributed by atoms with Gasteiger partial charge in [0, 0.05) is 5.56 Å². The van der Waals surface area contributed by atoms with Crippen molar-refractivity contribution in [3.8, 4) is 17.2 Å². The fourth-order valence-corrected chi connectivity index (χ4v) is 3.10. The maximum atomic E-state index is 12.5. The first kappa shape index (κ1) is 18.5. The molecule has 2 amide bonds. The first-order chi connectivity index (χ1) is 14.1. The van der Waals surface area contributed by atoms with Crippen molar-refractivity contribution in [3.63, 3.8) is 0 Å². The molecule has 0 aliphatic carbocycles. The molecule has 0 radical (unpaired) electrons. The second-order valence-electron chi connectivity index (χ2n) is 6.45. The molecule has 29 heavy (non-hydrogen) atoms. The molecule has 7 heteroatoms. The van der Waals surface area contributed by atoms with Crippen LogP contribution >= 0.6 is 0 Å². The van der Waals surface area contributed by atoms with Gasteiger partial charge in [-0.05, 0) is 48.0 Å². The number of para-hydroxylation sites is 1. The highest BCUT2D eigenvalue weighted by Crippen LogP contribution is 2.34. The van der Waals surface area contributed by atoms with Crippen LogP contribution in [0.5, 0.6) is 17.2 Å². The first-order valence-electron chi connectivity index (χ1n) is 8.97. The summed E-state index contributed by atoms with van der Waals surface area (Å²) in [6, 6.07) is 21.5. The number of nitrogens with one attached hydrogen (secondary N) is 1. The van der Waals surface area contributed by atoms with Crippen molar-refractivity contribution >= 4 is 17.5 Å². The number of nitrogens with zero attached hydrogens (tertiary/aromatic N) is 1. The number of anilines is 1. The van der Waals surface area contributed by atoms with Gasteiger partial charge >= 0.3 is 0 Å². The number of ether oxygens (including phenoxy) is 2. The molecule has 0 fully saturated rings. The maximum absolute atomic E-state index is 12.5. The number of hydrogen-bond donors (Lipinski definition) is 2. The Hall–Kier alpha value is -3.84. The lowest BCUT2D eigenvalue weighted by Gasteiger charge is -2.30. The molecule has 3 aromatic rings. The Bertz CT molecular complexity index is 1050. The van der Waals surface area contributed by atoms with Crippen LogP contribution in [0.3, 0.4) is 0 Å². The predicted molar refractivity (Wildman–Crippen MR) is 105 cm³/mol. The summed E-state index contributed by atoms with van der Waals surface area (Å²) >= 11 is 0. The van der Waals surface area contributed by atoms with Gasteiger partial charge in [0.25, 0.3) is 11.8 Å². The average molecular weight is 390 g/mol. The predicted octanol–water partition coefficient (Wildman–Crippen LogP) is 3.52. The third-order valence-electron chi connectivity index (χ3n) is 4.48. The van der Waals surface area contributed by atoms with Gasteiger partial charge in [0.15, 0.2) is 6.61 Å². The molecule has 0 saturated carbocycles. The van der Waals surface area contributed by atoms with Crippen LogP contribution in [0.4, 0.5) is 5.69 Å². The molecule has 7 nitrogen and oxygen atoms in total. The second-order valence-corrected chi connectivity index (χ2v) is 6.45. The topological polar surface area (TPSA) is 88.1 Å². The highest BCUT2D eigenvalue weighted by molar-refractivity contribution is 6.01. The molecule has 0 unspecified atom stereocenters. The van der Waals surface area contributed by atoms with Gasteiger partial charge in [-0.3, -0.25) is 14.8 Å². The summed E-state index contributed by atoms with van der Waals surface area (Å²) in [6.07, 6.45) is 0. The van der Waals surface area contributed by atoms with Gasteiger partial charge in [0.2, 0.25) is 0 Å². The minimum atomic E-state index is -0.663. The fourth-order valence-electron chi connectivity index (χ4n) is 3.10. The Labute approximate surface area is 167 Å².